The summed E-state index contributed by atoms with van der Waals surface area (Å²) in [4.78, 5) is 0.261. The van der Waals surface area contributed by atoms with Crippen LogP contribution in [-0.2, 0) is 10.0 Å². The van der Waals surface area contributed by atoms with Crippen LogP contribution in [0, 0.1) is 6.92 Å². The molecule has 1 atom stereocenters. The molecule has 0 aliphatic carbocycles. The van der Waals surface area contributed by atoms with Gasteiger partial charge in [0.2, 0.25) is 10.0 Å². The Labute approximate surface area is 106 Å². The van der Waals surface area contributed by atoms with Crippen molar-refractivity contribution in [3.63, 3.8) is 0 Å². The Morgan fingerprint density at radius 1 is 1.47 bits per heavy atom. The summed E-state index contributed by atoms with van der Waals surface area (Å²) in [6, 6.07) is 4.86. The van der Waals surface area contributed by atoms with E-state index in [1.807, 2.05) is 0 Å². The predicted molar refractivity (Wildman–Crippen MR) is 67.8 cm³/mol. The normalized spacial score (nSPS) is 20.7. The van der Waals surface area contributed by atoms with Crippen molar-refractivity contribution in [1.29, 1.82) is 0 Å². The fraction of sp³-hybridized carbons (Fsp3) is 0.455. The first-order valence-corrected chi connectivity index (χ1v) is 7.34. The van der Waals surface area contributed by atoms with Gasteiger partial charge in [-0.15, -0.1) is 0 Å². The van der Waals surface area contributed by atoms with Crippen molar-refractivity contribution < 1.29 is 8.42 Å². The fourth-order valence-corrected chi connectivity index (χ4v) is 3.68. The second-order valence-corrected chi connectivity index (χ2v) is 6.34. The van der Waals surface area contributed by atoms with E-state index in [-0.39, 0.29) is 10.9 Å². The molecule has 1 aromatic carbocycles. The van der Waals surface area contributed by atoms with Crippen molar-refractivity contribution >= 4 is 21.6 Å². The molecule has 0 unspecified atom stereocenters. The largest absolute Gasteiger partial charge is 0.315 e. The third-order valence-corrected chi connectivity index (χ3v) is 4.72. The third kappa shape index (κ3) is 2.98. The van der Waals surface area contributed by atoms with Crippen molar-refractivity contribution in [3.05, 3.63) is 28.8 Å². The summed E-state index contributed by atoms with van der Waals surface area (Å²) < 4.78 is 27.0. The van der Waals surface area contributed by atoms with E-state index < -0.39 is 10.0 Å². The van der Waals surface area contributed by atoms with E-state index in [1.54, 1.807) is 19.1 Å². The molecule has 1 saturated heterocycles. The molecule has 1 aromatic rings. The van der Waals surface area contributed by atoms with Crippen LogP contribution in [0.4, 0.5) is 0 Å². The smallest absolute Gasteiger partial charge is 0.241 e. The summed E-state index contributed by atoms with van der Waals surface area (Å²) >= 11 is 5.83. The van der Waals surface area contributed by atoms with E-state index in [1.165, 1.54) is 6.07 Å². The fourth-order valence-electron chi connectivity index (χ4n) is 1.90. The Balaban J connectivity index is 2.27. The summed E-state index contributed by atoms with van der Waals surface area (Å²) in [5.41, 5.74) is 0.702. The van der Waals surface area contributed by atoms with Gasteiger partial charge in [0.25, 0.3) is 0 Å². The highest BCUT2D eigenvalue weighted by Crippen LogP contribution is 2.20. The molecule has 6 heteroatoms. The van der Waals surface area contributed by atoms with Gasteiger partial charge in [-0.25, -0.2) is 13.1 Å². The van der Waals surface area contributed by atoms with Crippen molar-refractivity contribution in [2.75, 3.05) is 13.1 Å². The standard InChI is InChI=1S/C11H15ClN2O2S/c1-8-2-3-9(12)6-11(8)17(15,16)14-10-4-5-13-7-10/h2-3,6,10,13-14H,4-5,7H2,1H3/t10-/m0/s1. The minimum Gasteiger partial charge on any atom is -0.315 e. The molecule has 0 radical (unpaired) electrons. The maximum Gasteiger partial charge on any atom is 0.241 e. The molecular formula is C11H15ClN2O2S. The van der Waals surface area contributed by atoms with Crippen LogP contribution >= 0.6 is 11.6 Å². The van der Waals surface area contributed by atoms with Gasteiger partial charge in [0.1, 0.15) is 0 Å². The second kappa shape index (κ2) is 4.94. The first-order chi connectivity index (χ1) is 7.99. The van der Waals surface area contributed by atoms with Crippen LogP contribution in [0.1, 0.15) is 12.0 Å². The Morgan fingerprint density at radius 3 is 2.88 bits per heavy atom. The van der Waals surface area contributed by atoms with Gasteiger partial charge in [-0.2, -0.15) is 0 Å². The molecule has 1 aliphatic heterocycles. The van der Waals surface area contributed by atoms with E-state index in [4.69, 9.17) is 11.6 Å². The summed E-state index contributed by atoms with van der Waals surface area (Å²) in [5.74, 6) is 0. The molecule has 0 spiro atoms. The zero-order valence-electron chi connectivity index (χ0n) is 9.53. The summed E-state index contributed by atoms with van der Waals surface area (Å²) in [7, 11) is -3.47. The van der Waals surface area contributed by atoms with Crippen molar-refractivity contribution in [3.8, 4) is 0 Å². The lowest BCUT2D eigenvalue weighted by Gasteiger charge is -2.13. The van der Waals surface area contributed by atoms with Crippen LogP contribution in [0.25, 0.3) is 0 Å². The lowest BCUT2D eigenvalue weighted by Crippen LogP contribution is -2.36. The van der Waals surface area contributed by atoms with Gasteiger partial charge in [0.15, 0.2) is 0 Å². The monoisotopic (exact) mass is 274 g/mol. The molecule has 1 fully saturated rings. The Morgan fingerprint density at radius 2 is 2.24 bits per heavy atom. The average Bonchev–Trinajstić information content (AvgIpc) is 2.73. The Bertz CT molecular complexity index is 510. The second-order valence-electron chi connectivity index (χ2n) is 4.22. The predicted octanol–water partition coefficient (Wildman–Crippen LogP) is 1.29. The SMILES string of the molecule is Cc1ccc(Cl)cc1S(=O)(=O)N[C@H]1CCNC1. The van der Waals surface area contributed by atoms with Crippen LogP contribution < -0.4 is 10.0 Å². The molecule has 0 amide bonds. The summed E-state index contributed by atoms with van der Waals surface area (Å²) in [6.45, 7) is 3.29. The number of hydrogen-bond acceptors (Lipinski definition) is 3. The quantitative estimate of drug-likeness (QED) is 0.873. The van der Waals surface area contributed by atoms with Gasteiger partial charge in [0, 0.05) is 17.6 Å². The van der Waals surface area contributed by atoms with Crippen LogP contribution in [0.5, 0.6) is 0 Å². The van der Waals surface area contributed by atoms with Crippen LogP contribution in [-0.4, -0.2) is 27.5 Å². The van der Waals surface area contributed by atoms with Crippen LogP contribution in [0.15, 0.2) is 23.1 Å². The van der Waals surface area contributed by atoms with Gasteiger partial charge in [-0.05, 0) is 37.6 Å². The van der Waals surface area contributed by atoms with E-state index >= 15 is 0 Å². The molecule has 4 nitrogen and oxygen atoms in total. The van der Waals surface area contributed by atoms with E-state index in [0.717, 1.165) is 13.0 Å². The number of hydrogen-bond donors (Lipinski definition) is 2. The first-order valence-electron chi connectivity index (χ1n) is 5.48. The Hall–Kier alpha value is -0.620. The molecule has 0 saturated carbocycles. The minimum atomic E-state index is -3.47. The first kappa shape index (κ1) is 12.8. The number of aryl methyl sites for hydroxylation is 1. The van der Waals surface area contributed by atoms with Gasteiger partial charge < -0.3 is 5.32 Å². The van der Waals surface area contributed by atoms with Crippen molar-refractivity contribution in [1.82, 2.24) is 10.0 Å². The molecule has 0 bridgehead atoms. The van der Waals surface area contributed by atoms with Gasteiger partial charge >= 0.3 is 0 Å². The highest BCUT2D eigenvalue weighted by atomic mass is 35.5. The molecule has 1 heterocycles. The average molecular weight is 275 g/mol. The maximum absolute atomic E-state index is 12.2. The van der Waals surface area contributed by atoms with E-state index in [2.05, 4.69) is 10.0 Å². The topological polar surface area (TPSA) is 58.2 Å². The zero-order valence-corrected chi connectivity index (χ0v) is 11.1. The van der Waals surface area contributed by atoms with Crippen molar-refractivity contribution in [2.24, 2.45) is 0 Å². The van der Waals surface area contributed by atoms with E-state index in [0.29, 0.717) is 17.1 Å². The molecule has 17 heavy (non-hydrogen) atoms. The van der Waals surface area contributed by atoms with Gasteiger partial charge in [0.05, 0.1) is 4.90 Å². The number of benzene rings is 1. The molecule has 2 N–H and O–H groups in total. The number of nitrogens with one attached hydrogen (secondary N) is 2. The van der Waals surface area contributed by atoms with Crippen LogP contribution in [0.3, 0.4) is 0 Å². The third-order valence-electron chi connectivity index (χ3n) is 2.82. The van der Waals surface area contributed by atoms with Crippen LogP contribution in [0.2, 0.25) is 5.02 Å². The van der Waals surface area contributed by atoms with Gasteiger partial charge in [-0.3, -0.25) is 0 Å². The molecular weight excluding hydrogens is 260 g/mol. The molecule has 0 aromatic heterocycles. The number of sulfonamides is 1. The Kier molecular flexibility index (Phi) is 3.73. The van der Waals surface area contributed by atoms with E-state index in [9.17, 15) is 8.42 Å². The minimum absolute atomic E-state index is 0.0293. The summed E-state index contributed by atoms with van der Waals surface area (Å²) in [5, 5.41) is 3.55. The number of rotatable bonds is 3. The lowest BCUT2D eigenvalue weighted by atomic mass is 10.2. The molecule has 2 rings (SSSR count). The highest BCUT2D eigenvalue weighted by Gasteiger charge is 2.23. The van der Waals surface area contributed by atoms with Gasteiger partial charge in [-0.1, -0.05) is 17.7 Å². The summed E-state index contributed by atoms with van der Waals surface area (Å²) in [6.07, 6.45) is 0.818. The molecule has 1 aliphatic rings. The maximum atomic E-state index is 12.2. The number of halogens is 1. The lowest BCUT2D eigenvalue weighted by molar-refractivity contribution is 0.559. The zero-order chi connectivity index (χ0) is 12.5. The highest BCUT2D eigenvalue weighted by molar-refractivity contribution is 7.89. The molecule has 94 valence electrons. The van der Waals surface area contributed by atoms with Crippen molar-refractivity contribution in [2.45, 2.75) is 24.3 Å².